The van der Waals surface area contributed by atoms with E-state index < -0.39 is 48.1 Å². The molecule has 3 aromatic rings. The second kappa shape index (κ2) is 17.2. The number of rotatable bonds is 18. The fraction of sp³-hybridized carbons (Fsp3) is 0.355. The molecule has 0 saturated carbocycles. The molecular formula is C31H40N8O10. The Morgan fingerprint density at radius 1 is 0.939 bits per heavy atom. The molecule has 0 aliphatic rings. The molecule has 0 fully saturated rings. The zero-order chi connectivity index (χ0) is 36.2. The van der Waals surface area contributed by atoms with Crippen molar-refractivity contribution in [3.63, 3.8) is 0 Å². The summed E-state index contributed by atoms with van der Waals surface area (Å²) in [6.07, 6.45) is 0.957. The van der Waals surface area contributed by atoms with Crippen LogP contribution in [0.3, 0.4) is 0 Å². The van der Waals surface area contributed by atoms with Crippen LogP contribution >= 0.6 is 0 Å². The molecule has 0 aliphatic heterocycles. The molecule has 2 aromatic carbocycles. The highest BCUT2D eigenvalue weighted by Gasteiger charge is 2.35. The Labute approximate surface area is 281 Å². The van der Waals surface area contributed by atoms with E-state index in [-0.39, 0.29) is 36.8 Å². The molecule has 1 aromatic heterocycles. The maximum absolute atomic E-state index is 13.9. The number of hydrogen-bond donors (Lipinski definition) is 8. The van der Waals surface area contributed by atoms with Crippen LogP contribution in [-0.2, 0) is 19.2 Å². The van der Waals surface area contributed by atoms with Crippen molar-refractivity contribution >= 4 is 35.3 Å². The average molecular weight is 685 g/mol. The fourth-order valence-electron chi connectivity index (χ4n) is 4.97. The third-order valence-corrected chi connectivity index (χ3v) is 7.35. The largest absolute Gasteiger partial charge is 0.495 e. The highest BCUT2D eigenvalue weighted by molar-refractivity contribution is 6.00. The SMILES string of the molecule is COc1ccc(-c2cnoc2-c2cc(OC)c(OC)c(OC)c2)cc1NC(=O)C(CCCNC(=N)N)C(NC(=O)C(N)CC(=O)O)C(N)=O. The molecule has 3 rings (SSSR count). The minimum Gasteiger partial charge on any atom is -0.495 e. The summed E-state index contributed by atoms with van der Waals surface area (Å²) in [5, 5.41) is 28.0. The van der Waals surface area contributed by atoms with Gasteiger partial charge in [-0.3, -0.25) is 24.6 Å². The van der Waals surface area contributed by atoms with Crippen molar-refractivity contribution in [2.24, 2.45) is 23.1 Å². The van der Waals surface area contributed by atoms with Gasteiger partial charge >= 0.3 is 5.97 Å². The number of hydrogen-bond acceptors (Lipinski definition) is 12. The summed E-state index contributed by atoms with van der Waals surface area (Å²) in [5.74, 6) is -3.96. The smallest absolute Gasteiger partial charge is 0.305 e. The first-order valence-corrected chi connectivity index (χ1v) is 14.7. The summed E-state index contributed by atoms with van der Waals surface area (Å²) in [6.45, 7) is 0.160. The van der Waals surface area contributed by atoms with Gasteiger partial charge in [-0.05, 0) is 42.7 Å². The Bertz CT molecular complexity index is 1650. The van der Waals surface area contributed by atoms with Gasteiger partial charge in [-0.1, -0.05) is 11.2 Å². The molecule has 0 spiro atoms. The van der Waals surface area contributed by atoms with Crippen molar-refractivity contribution < 1.29 is 47.8 Å². The van der Waals surface area contributed by atoms with Gasteiger partial charge in [-0.25, -0.2) is 0 Å². The standard InChI is InChI=1S/C31H40N8O10/c1-45-21-8-7-15(18-14-37-49-26(18)16-11-22(46-2)27(48-4)23(12-16)47-3)10-20(21)38-29(43)17(6-5-9-36-31(34)35)25(28(33)42)39-30(44)19(32)13-24(40)41/h7-8,10-12,14,17,19,25H,5-6,9,13,32H2,1-4H3,(H2,33,42)(H,38,43)(H,39,44)(H,40,41)(H4,34,35,36). The number of amides is 3. The minimum atomic E-state index is -1.58. The lowest BCUT2D eigenvalue weighted by molar-refractivity contribution is -0.140. The molecule has 3 atom stereocenters. The number of nitrogens with zero attached hydrogens (tertiary/aromatic N) is 1. The molecule has 0 bridgehead atoms. The van der Waals surface area contributed by atoms with Crippen LogP contribution in [0.25, 0.3) is 22.5 Å². The first kappa shape index (κ1) is 37.4. The number of benzene rings is 2. The van der Waals surface area contributed by atoms with Crippen LogP contribution < -0.4 is 52.1 Å². The minimum absolute atomic E-state index is 0.0207. The average Bonchev–Trinajstić information content (AvgIpc) is 3.56. The summed E-state index contributed by atoms with van der Waals surface area (Å²) < 4.78 is 27.5. The van der Waals surface area contributed by atoms with Gasteiger partial charge in [0.15, 0.2) is 23.2 Å². The van der Waals surface area contributed by atoms with Crippen molar-refractivity contribution in [3.05, 3.63) is 36.5 Å². The molecule has 0 radical (unpaired) electrons. The number of ether oxygens (including phenoxy) is 4. The number of methoxy groups -OCH3 is 4. The highest BCUT2D eigenvalue weighted by atomic mass is 16.5. The molecule has 3 unspecified atom stereocenters. The number of aliphatic carboxylic acids is 1. The van der Waals surface area contributed by atoms with E-state index in [4.69, 9.17) is 51.2 Å². The number of carbonyl (C=O) groups excluding carboxylic acids is 3. The van der Waals surface area contributed by atoms with Crippen LogP contribution in [0.5, 0.6) is 23.0 Å². The lowest BCUT2D eigenvalue weighted by atomic mass is 9.92. The van der Waals surface area contributed by atoms with Gasteiger partial charge in [0.25, 0.3) is 0 Å². The van der Waals surface area contributed by atoms with Crippen LogP contribution in [-0.4, -0.2) is 87.0 Å². The van der Waals surface area contributed by atoms with Crippen LogP contribution in [0.15, 0.2) is 41.1 Å². The van der Waals surface area contributed by atoms with Crippen molar-refractivity contribution in [2.45, 2.75) is 31.3 Å². The zero-order valence-corrected chi connectivity index (χ0v) is 27.3. The number of nitrogens with two attached hydrogens (primary N) is 3. The number of carboxylic acid groups (broad SMARTS) is 1. The van der Waals surface area contributed by atoms with Crippen LogP contribution in [0, 0.1) is 11.3 Å². The summed E-state index contributed by atoms with van der Waals surface area (Å²) in [5.41, 5.74) is 18.4. The van der Waals surface area contributed by atoms with Crippen molar-refractivity contribution in [1.82, 2.24) is 15.8 Å². The van der Waals surface area contributed by atoms with Gasteiger partial charge in [0, 0.05) is 17.7 Å². The summed E-state index contributed by atoms with van der Waals surface area (Å²) in [7, 11) is 5.83. The summed E-state index contributed by atoms with van der Waals surface area (Å²) >= 11 is 0. The Morgan fingerprint density at radius 2 is 1.59 bits per heavy atom. The maximum Gasteiger partial charge on any atom is 0.305 e. The Morgan fingerprint density at radius 3 is 2.14 bits per heavy atom. The lowest BCUT2D eigenvalue weighted by Gasteiger charge is -2.26. The Hall–Kier alpha value is -6.04. The van der Waals surface area contributed by atoms with Gasteiger partial charge in [0.2, 0.25) is 23.5 Å². The van der Waals surface area contributed by atoms with Gasteiger partial charge in [0.1, 0.15) is 11.8 Å². The van der Waals surface area contributed by atoms with E-state index in [2.05, 4.69) is 21.1 Å². The van der Waals surface area contributed by atoms with Gasteiger partial charge in [-0.2, -0.15) is 0 Å². The third kappa shape index (κ3) is 9.50. The number of nitrogens with one attached hydrogen (secondary N) is 4. The van der Waals surface area contributed by atoms with E-state index in [1.54, 1.807) is 30.3 Å². The molecule has 3 amide bonds. The van der Waals surface area contributed by atoms with E-state index >= 15 is 0 Å². The van der Waals surface area contributed by atoms with Gasteiger partial charge in [0.05, 0.1) is 58.7 Å². The number of guanidine groups is 1. The van der Waals surface area contributed by atoms with E-state index in [0.717, 1.165) is 0 Å². The Balaban J connectivity index is 2.01. The van der Waals surface area contributed by atoms with E-state index in [9.17, 15) is 19.2 Å². The van der Waals surface area contributed by atoms with E-state index in [1.807, 2.05) is 0 Å². The Kier molecular flexibility index (Phi) is 13.1. The fourth-order valence-corrected chi connectivity index (χ4v) is 4.97. The van der Waals surface area contributed by atoms with Crippen LogP contribution in [0.4, 0.5) is 5.69 Å². The number of anilines is 1. The first-order chi connectivity index (χ1) is 23.3. The second-order valence-corrected chi connectivity index (χ2v) is 10.6. The maximum atomic E-state index is 13.9. The van der Waals surface area contributed by atoms with Crippen molar-refractivity contribution in [1.29, 1.82) is 5.41 Å². The number of carbonyl (C=O) groups is 4. The number of carboxylic acids is 1. The molecule has 1 heterocycles. The molecule has 0 saturated heterocycles. The predicted molar refractivity (Wildman–Crippen MR) is 176 cm³/mol. The van der Waals surface area contributed by atoms with Crippen LogP contribution in [0.2, 0.25) is 0 Å². The molecule has 18 nitrogen and oxygen atoms in total. The first-order valence-electron chi connectivity index (χ1n) is 14.7. The second-order valence-electron chi connectivity index (χ2n) is 10.6. The van der Waals surface area contributed by atoms with Crippen molar-refractivity contribution in [2.75, 3.05) is 40.3 Å². The van der Waals surface area contributed by atoms with Crippen molar-refractivity contribution in [3.8, 4) is 45.4 Å². The predicted octanol–water partition coefficient (Wildman–Crippen LogP) is 0.633. The molecule has 264 valence electrons. The number of primary amides is 1. The molecular weight excluding hydrogens is 644 g/mol. The zero-order valence-electron chi connectivity index (χ0n) is 27.3. The van der Waals surface area contributed by atoms with Gasteiger partial charge in [-0.15, -0.1) is 0 Å². The summed E-state index contributed by atoms with van der Waals surface area (Å²) in [4.78, 5) is 50.2. The monoisotopic (exact) mass is 684 g/mol. The highest BCUT2D eigenvalue weighted by Crippen LogP contribution is 2.44. The third-order valence-electron chi connectivity index (χ3n) is 7.35. The van der Waals surface area contributed by atoms with E-state index in [0.29, 0.717) is 39.7 Å². The molecule has 11 N–H and O–H groups in total. The molecule has 49 heavy (non-hydrogen) atoms. The molecule has 0 aliphatic carbocycles. The van der Waals surface area contributed by atoms with Crippen LogP contribution in [0.1, 0.15) is 19.3 Å². The molecule has 18 heteroatoms. The normalized spacial score (nSPS) is 12.5. The topological polar surface area (TPSA) is 289 Å². The van der Waals surface area contributed by atoms with Gasteiger partial charge < -0.3 is 61.7 Å². The quantitative estimate of drug-likeness (QED) is 0.0518. The van der Waals surface area contributed by atoms with E-state index in [1.165, 1.54) is 34.6 Å². The lowest BCUT2D eigenvalue weighted by Crippen LogP contribution is -2.56. The number of aromatic nitrogens is 1. The summed E-state index contributed by atoms with van der Waals surface area (Å²) in [6, 6.07) is 5.18.